The van der Waals surface area contributed by atoms with Gasteiger partial charge in [-0.2, -0.15) is 0 Å². The van der Waals surface area contributed by atoms with Crippen LogP contribution in [0.5, 0.6) is 0 Å². The molecule has 0 radical (unpaired) electrons. The Hall–Kier alpha value is -0.830. The normalized spacial score (nSPS) is 22.8. The largest absolute Gasteiger partial charge is 0.469 e. The maximum Gasteiger partial charge on any atom is 0.203 e. The molecule has 0 aromatic rings. The maximum absolute atomic E-state index is 11.0. The molecule has 0 saturated carbocycles. The molecule has 12 heavy (non-hydrogen) atoms. The second-order valence-corrected chi connectivity index (χ2v) is 2.80. The van der Waals surface area contributed by atoms with Crippen LogP contribution in [0.1, 0.15) is 27.2 Å². The van der Waals surface area contributed by atoms with Crippen LogP contribution in [-0.2, 0) is 14.3 Å². The topological polar surface area (TPSA) is 35.5 Å². The minimum atomic E-state index is -0.242. The van der Waals surface area contributed by atoms with Crippen molar-refractivity contribution in [3.05, 3.63) is 11.3 Å². The maximum atomic E-state index is 11.0. The number of hydrogen-bond donors (Lipinski definition) is 0. The summed E-state index contributed by atoms with van der Waals surface area (Å²) >= 11 is 0. The van der Waals surface area contributed by atoms with Crippen LogP contribution < -0.4 is 0 Å². The Morgan fingerprint density at radius 3 is 2.83 bits per heavy atom. The minimum Gasteiger partial charge on any atom is -0.469 e. The van der Waals surface area contributed by atoms with Crippen molar-refractivity contribution in [3.8, 4) is 0 Å². The van der Waals surface area contributed by atoms with Crippen LogP contribution in [-0.4, -0.2) is 18.7 Å². The molecule has 0 aromatic carbocycles. The molecule has 0 saturated heterocycles. The van der Waals surface area contributed by atoms with Crippen molar-refractivity contribution in [1.82, 2.24) is 0 Å². The van der Waals surface area contributed by atoms with Crippen molar-refractivity contribution in [2.75, 3.05) is 6.61 Å². The van der Waals surface area contributed by atoms with E-state index in [0.717, 1.165) is 5.57 Å². The molecule has 0 aliphatic carbocycles. The molecule has 1 atom stereocenters. The summed E-state index contributed by atoms with van der Waals surface area (Å²) in [4.78, 5) is 11.0. The molecule has 68 valence electrons. The van der Waals surface area contributed by atoms with Gasteiger partial charge in [-0.25, -0.2) is 0 Å². The minimum absolute atomic E-state index is 0.0784. The van der Waals surface area contributed by atoms with Crippen LogP contribution in [0.3, 0.4) is 0 Å². The van der Waals surface area contributed by atoms with Gasteiger partial charge in [0, 0.05) is 18.6 Å². The van der Waals surface area contributed by atoms with Gasteiger partial charge in [0.2, 0.25) is 6.29 Å². The van der Waals surface area contributed by atoms with Gasteiger partial charge >= 0.3 is 0 Å². The highest BCUT2D eigenvalue weighted by Crippen LogP contribution is 2.25. The third kappa shape index (κ3) is 1.85. The number of Topliss-reactive ketones (excluding diaryl/α,β-unsaturated/α-hetero) is 1. The monoisotopic (exact) mass is 170 g/mol. The van der Waals surface area contributed by atoms with Gasteiger partial charge in [0.05, 0.1) is 0 Å². The van der Waals surface area contributed by atoms with Crippen LogP contribution in [0.2, 0.25) is 0 Å². The molecule has 1 aliphatic rings. The predicted octanol–water partition coefficient (Wildman–Crippen LogP) is 1.63. The average Bonchev–Trinajstić information content (AvgIpc) is 2.32. The number of carbonyl (C=O) groups is 1. The standard InChI is InChI=1S/C9H14O3/c1-4-11-9-5-8(6(2)10)7(3)12-9/h9H,4-5H2,1-3H3. The van der Waals surface area contributed by atoms with Crippen molar-refractivity contribution in [2.24, 2.45) is 0 Å². The Labute approximate surface area is 72.4 Å². The molecule has 0 bridgehead atoms. The SMILES string of the molecule is CCOC1CC(C(C)=O)=C(C)O1. The molecule has 0 aromatic heterocycles. The van der Waals surface area contributed by atoms with Gasteiger partial charge in [-0.15, -0.1) is 0 Å². The molecule has 0 fully saturated rings. The summed E-state index contributed by atoms with van der Waals surface area (Å²) in [5.74, 6) is 0.788. The molecule has 1 heterocycles. The lowest BCUT2D eigenvalue weighted by molar-refractivity contribution is -0.114. The molecule has 0 N–H and O–H groups in total. The van der Waals surface area contributed by atoms with Gasteiger partial charge in [-0.05, 0) is 20.8 Å². The number of hydrogen-bond acceptors (Lipinski definition) is 3. The molecule has 0 amide bonds. The van der Waals surface area contributed by atoms with Crippen LogP contribution in [0, 0.1) is 0 Å². The second-order valence-electron chi connectivity index (χ2n) is 2.80. The molecule has 1 unspecified atom stereocenters. The Kier molecular flexibility index (Phi) is 2.87. The number of ketones is 1. The molecule has 1 aliphatic heterocycles. The van der Waals surface area contributed by atoms with Crippen molar-refractivity contribution in [3.63, 3.8) is 0 Å². The lowest BCUT2D eigenvalue weighted by atomic mass is 10.1. The Bertz CT molecular complexity index is 218. The summed E-state index contributed by atoms with van der Waals surface area (Å²) in [5.41, 5.74) is 0.758. The second kappa shape index (κ2) is 3.72. The van der Waals surface area contributed by atoms with E-state index >= 15 is 0 Å². The molecular formula is C9H14O3. The van der Waals surface area contributed by atoms with Gasteiger partial charge in [0.15, 0.2) is 5.78 Å². The van der Waals surface area contributed by atoms with Crippen molar-refractivity contribution < 1.29 is 14.3 Å². The fourth-order valence-corrected chi connectivity index (χ4v) is 1.29. The van der Waals surface area contributed by atoms with Gasteiger partial charge < -0.3 is 9.47 Å². The van der Waals surface area contributed by atoms with Gasteiger partial charge in [-0.1, -0.05) is 0 Å². The fraction of sp³-hybridized carbons (Fsp3) is 0.667. The number of allylic oxidation sites excluding steroid dienone is 1. The van der Waals surface area contributed by atoms with Gasteiger partial charge in [0.1, 0.15) is 5.76 Å². The van der Waals surface area contributed by atoms with Crippen LogP contribution in [0.15, 0.2) is 11.3 Å². The van der Waals surface area contributed by atoms with Crippen molar-refractivity contribution in [1.29, 1.82) is 0 Å². The summed E-state index contributed by atoms with van der Waals surface area (Å²) in [6.07, 6.45) is 0.351. The van der Waals surface area contributed by atoms with E-state index in [-0.39, 0.29) is 12.1 Å². The molecular weight excluding hydrogens is 156 g/mol. The smallest absolute Gasteiger partial charge is 0.203 e. The summed E-state index contributed by atoms with van der Waals surface area (Å²) in [6, 6.07) is 0. The van der Waals surface area contributed by atoms with Crippen molar-refractivity contribution in [2.45, 2.75) is 33.5 Å². The summed E-state index contributed by atoms with van der Waals surface area (Å²) in [7, 11) is 0. The average molecular weight is 170 g/mol. The van der Waals surface area contributed by atoms with E-state index in [0.29, 0.717) is 18.8 Å². The first kappa shape index (κ1) is 9.26. The lowest BCUT2D eigenvalue weighted by Gasteiger charge is -2.10. The van der Waals surface area contributed by atoms with E-state index in [1.807, 2.05) is 6.92 Å². The zero-order valence-electron chi connectivity index (χ0n) is 7.72. The first-order valence-electron chi connectivity index (χ1n) is 4.14. The lowest BCUT2D eigenvalue weighted by Crippen LogP contribution is -2.11. The van der Waals surface area contributed by atoms with Gasteiger partial charge in [-0.3, -0.25) is 4.79 Å². The molecule has 0 spiro atoms. The van der Waals surface area contributed by atoms with E-state index < -0.39 is 0 Å². The summed E-state index contributed by atoms with van der Waals surface area (Å²) in [6.45, 7) is 5.87. The van der Waals surface area contributed by atoms with E-state index in [4.69, 9.17) is 9.47 Å². The van der Waals surface area contributed by atoms with Crippen LogP contribution in [0.4, 0.5) is 0 Å². The fourth-order valence-electron chi connectivity index (χ4n) is 1.29. The highest BCUT2D eigenvalue weighted by Gasteiger charge is 2.25. The highest BCUT2D eigenvalue weighted by molar-refractivity contribution is 5.94. The van der Waals surface area contributed by atoms with E-state index in [2.05, 4.69) is 0 Å². The first-order valence-corrected chi connectivity index (χ1v) is 4.14. The predicted molar refractivity (Wildman–Crippen MR) is 44.5 cm³/mol. The molecule has 3 nitrogen and oxygen atoms in total. The quantitative estimate of drug-likeness (QED) is 0.645. The zero-order valence-corrected chi connectivity index (χ0v) is 7.72. The van der Waals surface area contributed by atoms with Gasteiger partial charge in [0.25, 0.3) is 0 Å². The summed E-state index contributed by atoms with van der Waals surface area (Å²) in [5, 5.41) is 0. The van der Waals surface area contributed by atoms with Crippen LogP contribution in [0.25, 0.3) is 0 Å². The third-order valence-electron chi connectivity index (χ3n) is 1.88. The first-order chi connectivity index (χ1) is 5.65. The summed E-state index contributed by atoms with van der Waals surface area (Å²) < 4.78 is 10.5. The number of rotatable bonds is 3. The number of ether oxygens (including phenoxy) is 2. The van der Waals surface area contributed by atoms with E-state index in [1.54, 1.807) is 13.8 Å². The molecule has 3 heteroatoms. The zero-order chi connectivity index (χ0) is 9.14. The Balaban J connectivity index is 2.56. The third-order valence-corrected chi connectivity index (χ3v) is 1.88. The van der Waals surface area contributed by atoms with E-state index in [9.17, 15) is 4.79 Å². The van der Waals surface area contributed by atoms with Crippen molar-refractivity contribution >= 4 is 5.78 Å². The Morgan fingerprint density at radius 2 is 2.42 bits per heavy atom. The highest BCUT2D eigenvalue weighted by atomic mass is 16.7. The molecule has 1 rings (SSSR count). The Morgan fingerprint density at radius 1 is 1.75 bits per heavy atom. The van der Waals surface area contributed by atoms with Crippen LogP contribution >= 0.6 is 0 Å². The van der Waals surface area contributed by atoms with E-state index in [1.165, 1.54) is 0 Å². The number of carbonyl (C=O) groups excluding carboxylic acids is 1.